The zero-order valence-corrected chi connectivity index (χ0v) is 15.5. The average Bonchev–Trinajstić information content (AvgIpc) is 3.13. The van der Waals surface area contributed by atoms with Crippen LogP contribution in [0.15, 0.2) is 35.7 Å². The Morgan fingerprint density at radius 1 is 1.25 bits per heavy atom. The number of thiophene rings is 1. The van der Waals surface area contributed by atoms with Gasteiger partial charge in [-0.2, -0.15) is 0 Å². The molecule has 3 rings (SSSR count). The van der Waals surface area contributed by atoms with Gasteiger partial charge in [-0.05, 0) is 29.0 Å². The Balaban J connectivity index is 1.82. The highest BCUT2D eigenvalue weighted by Gasteiger charge is 2.32. The monoisotopic (exact) mass is 407 g/mol. The summed E-state index contributed by atoms with van der Waals surface area (Å²) in [5.74, 6) is -0.633. The molecular formula is C17H17N3O7S. The molecule has 2 aromatic rings. The van der Waals surface area contributed by atoms with E-state index in [0.29, 0.717) is 18.7 Å². The van der Waals surface area contributed by atoms with E-state index in [1.807, 2.05) is 16.3 Å². The predicted octanol–water partition coefficient (Wildman–Crippen LogP) is 2.51. The topological polar surface area (TPSA) is 125 Å². The number of hydrogen-bond donors (Lipinski definition) is 0. The van der Waals surface area contributed by atoms with E-state index in [1.54, 1.807) is 17.4 Å². The SMILES string of the molecule is O=C(OCCO[N+](=O)[O-])C(c1cccc([N+](=O)[O-])c1)N1CCc2sccc2C1. The standard InChI is InChI=1S/C17H17N3O7S/c21-17(26-7-8-27-20(24)25)16(12-2-1-3-14(10-12)19(22)23)18-6-4-15-13(11-18)5-9-28-15/h1-3,5,9-10,16H,4,6-8,11H2. The largest absolute Gasteiger partial charge is 0.462 e. The molecule has 28 heavy (non-hydrogen) atoms. The third-order valence-corrected chi connectivity index (χ3v) is 5.37. The van der Waals surface area contributed by atoms with Crippen LogP contribution in [0.3, 0.4) is 0 Å². The molecule has 0 radical (unpaired) electrons. The first-order valence-electron chi connectivity index (χ1n) is 8.43. The van der Waals surface area contributed by atoms with Gasteiger partial charge in [0.05, 0.1) is 4.92 Å². The molecule has 0 saturated carbocycles. The second kappa shape index (κ2) is 8.76. The van der Waals surface area contributed by atoms with Gasteiger partial charge in [-0.25, -0.2) is 4.79 Å². The van der Waals surface area contributed by atoms with Crippen LogP contribution in [0.1, 0.15) is 22.0 Å². The predicted molar refractivity (Wildman–Crippen MR) is 98.2 cm³/mol. The Morgan fingerprint density at radius 2 is 2.07 bits per heavy atom. The fourth-order valence-electron chi connectivity index (χ4n) is 3.13. The van der Waals surface area contributed by atoms with Gasteiger partial charge in [0.1, 0.15) is 19.3 Å². The number of hydrogen-bond acceptors (Lipinski definition) is 9. The summed E-state index contributed by atoms with van der Waals surface area (Å²) < 4.78 is 5.15. The lowest BCUT2D eigenvalue weighted by atomic mass is 10.0. The van der Waals surface area contributed by atoms with Gasteiger partial charge < -0.3 is 9.57 Å². The van der Waals surface area contributed by atoms with Crippen molar-refractivity contribution in [1.29, 1.82) is 0 Å². The summed E-state index contributed by atoms with van der Waals surface area (Å²) in [7, 11) is 0. The fraction of sp³-hybridized carbons (Fsp3) is 0.353. The van der Waals surface area contributed by atoms with Crippen LogP contribution in [0, 0.1) is 20.2 Å². The van der Waals surface area contributed by atoms with Crippen molar-refractivity contribution in [1.82, 2.24) is 4.90 Å². The summed E-state index contributed by atoms with van der Waals surface area (Å²) in [6, 6.07) is 6.99. The molecule has 1 aromatic heterocycles. The van der Waals surface area contributed by atoms with E-state index in [0.717, 1.165) is 12.0 Å². The third-order valence-electron chi connectivity index (χ3n) is 4.35. The van der Waals surface area contributed by atoms with Gasteiger partial charge >= 0.3 is 5.97 Å². The van der Waals surface area contributed by atoms with Crippen molar-refractivity contribution in [3.05, 3.63) is 71.9 Å². The zero-order chi connectivity index (χ0) is 20.1. The molecule has 148 valence electrons. The van der Waals surface area contributed by atoms with Gasteiger partial charge in [-0.15, -0.1) is 21.5 Å². The van der Waals surface area contributed by atoms with Gasteiger partial charge in [0.15, 0.2) is 0 Å². The van der Waals surface area contributed by atoms with Crippen LogP contribution in [0.2, 0.25) is 0 Å². The number of ether oxygens (including phenoxy) is 1. The van der Waals surface area contributed by atoms with Crippen LogP contribution < -0.4 is 0 Å². The summed E-state index contributed by atoms with van der Waals surface area (Å²) in [5, 5.41) is 22.4. The van der Waals surface area contributed by atoms with Gasteiger partial charge in [0.2, 0.25) is 0 Å². The first kappa shape index (κ1) is 19.7. The Morgan fingerprint density at radius 3 is 2.82 bits per heavy atom. The smallest absolute Gasteiger partial charge is 0.328 e. The molecular weight excluding hydrogens is 390 g/mol. The number of nitro groups is 1. The van der Waals surface area contributed by atoms with E-state index >= 15 is 0 Å². The van der Waals surface area contributed by atoms with Crippen LogP contribution in [0.5, 0.6) is 0 Å². The minimum atomic E-state index is -0.964. The van der Waals surface area contributed by atoms with Crippen molar-refractivity contribution in [3.63, 3.8) is 0 Å². The second-order valence-corrected chi connectivity index (χ2v) is 7.07. The number of esters is 1. The summed E-state index contributed by atoms with van der Waals surface area (Å²) in [5.41, 5.74) is 1.42. The maximum absolute atomic E-state index is 12.8. The summed E-state index contributed by atoms with van der Waals surface area (Å²) in [6.45, 7) is 0.423. The molecule has 1 unspecified atom stereocenters. The number of rotatable bonds is 8. The molecule has 1 aliphatic rings. The van der Waals surface area contributed by atoms with Crippen LogP contribution >= 0.6 is 11.3 Å². The molecule has 10 nitrogen and oxygen atoms in total. The van der Waals surface area contributed by atoms with E-state index in [2.05, 4.69) is 4.84 Å². The molecule has 0 saturated heterocycles. The number of benzene rings is 1. The molecule has 0 amide bonds. The van der Waals surface area contributed by atoms with E-state index in [9.17, 15) is 25.0 Å². The third kappa shape index (κ3) is 4.61. The van der Waals surface area contributed by atoms with Gasteiger partial charge in [0.25, 0.3) is 10.8 Å². The molecule has 0 N–H and O–H groups in total. The molecule has 1 atom stereocenters. The summed E-state index contributed by atoms with van der Waals surface area (Å²) in [6.07, 6.45) is 0.760. The molecule has 1 aliphatic heterocycles. The minimum Gasteiger partial charge on any atom is -0.462 e. The van der Waals surface area contributed by atoms with E-state index in [4.69, 9.17) is 4.74 Å². The highest BCUT2D eigenvalue weighted by molar-refractivity contribution is 7.10. The van der Waals surface area contributed by atoms with Crippen LogP contribution in [0.25, 0.3) is 0 Å². The number of fused-ring (bicyclic) bond motifs is 1. The van der Waals surface area contributed by atoms with Crippen molar-refractivity contribution < 1.29 is 24.4 Å². The number of non-ortho nitro benzene ring substituents is 1. The van der Waals surface area contributed by atoms with Crippen molar-refractivity contribution in [3.8, 4) is 0 Å². The lowest BCUT2D eigenvalue weighted by Crippen LogP contribution is -2.38. The Hall–Kier alpha value is -3.05. The lowest BCUT2D eigenvalue weighted by Gasteiger charge is -2.33. The lowest BCUT2D eigenvalue weighted by molar-refractivity contribution is -0.757. The quantitative estimate of drug-likeness (QED) is 0.283. The molecule has 0 aliphatic carbocycles. The average molecular weight is 407 g/mol. The first-order chi connectivity index (χ1) is 13.5. The van der Waals surface area contributed by atoms with Crippen molar-refractivity contribution in [2.24, 2.45) is 0 Å². The zero-order valence-electron chi connectivity index (χ0n) is 14.7. The molecule has 0 bridgehead atoms. The molecule has 1 aromatic carbocycles. The fourth-order valence-corrected chi connectivity index (χ4v) is 4.02. The first-order valence-corrected chi connectivity index (χ1v) is 9.31. The van der Waals surface area contributed by atoms with E-state index in [1.165, 1.54) is 23.1 Å². The Bertz CT molecular complexity index is 885. The summed E-state index contributed by atoms with van der Waals surface area (Å²) in [4.78, 5) is 40.9. The van der Waals surface area contributed by atoms with E-state index < -0.39 is 22.0 Å². The van der Waals surface area contributed by atoms with Crippen LogP contribution in [0.4, 0.5) is 5.69 Å². The molecule has 0 fully saturated rings. The second-order valence-electron chi connectivity index (χ2n) is 6.07. The van der Waals surface area contributed by atoms with Crippen LogP contribution in [-0.4, -0.2) is 40.6 Å². The van der Waals surface area contributed by atoms with Crippen molar-refractivity contribution in [2.75, 3.05) is 19.8 Å². The molecule has 11 heteroatoms. The molecule has 2 heterocycles. The normalized spacial score (nSPS) is 14.7. The highest BCUT2D eigenvalue weighted by atomic mass is 32.1. The van der Waals surface area contributed by atoms with E-state index in [-0.39, 0.29) is 18.9 Å². The van der Waals surface area contributed by atoms with Gasteiger partial charge in [-0.3, -0.25) is 15.0 Å². The van der Waals surface area contributed by atoms with Crippen molar-refractivity contribution >= 4 is 23.0 Å². The maximum atomic E-state index is 12.8. The molecule has 0 spiro atoms. The number of nitrogens with zero attached hydrogens (tertiary/aromatic N) is 3. The van der Waals surface area contributed by atoms with Gasteiger partial charge in [0, 0.05) is 30.1 Å². The number of carbonyl (C=O) groups is 1. The Kier molecular flexibility index (Phi) is 6.16. The maximum Gasteiger partial charge on any atom is 0.328 e. The Labute approximate surface area is 163 Å². The highest BCUT2D eigenvalue weighted by Crippen LogP contribution is 2.32. The number of nitro benzene ring substituents is 1. The van der Waals surface area contributed by atoms with Gasteiger partial charge in [-0.1, -0.05) is 12.1 Å². The minimum absolute atomic E-state index is 0.125. The van der Waals surface area contributed by atoms with Crippen LogP contribution in [-0.2, 0) is 27.3 Å². The number of carbonyl (C=O) groups excluding carboxylic acids is 1. The summed E-state index contributed by atoms with van der Waals surface area (Å²) >= 11 is 1.66. The van der Waals surface area contributed by atoms with Crippen molar-refractivity contribution in [2.45, 2.75) is 19.0 Å².